The topological polar surface area (TPSA) is 101 Å². The smallest absolute Gasteiger partial charge is 0.272 e. The molecule has 36 heavy (non-hydrogen) atoms. The fourth-order valence-corrected chi connectivity index (χ4v) is 4.42. The van der Waals surface area contributed by atoms with Crippen LogP contribution < -0.4 is 16.0 Å². The molecule has 3 aromatic rings. The molecule has 10 heteroatoms. The molecule has 0 aliphatic heterocycles. The van der Waals surface area contributed by atoms with Crippen molar-refractivity contribution in [1.82, 2.24) is 20.1 Å². The Morgan fingerprint density at radius 1 is 1.11 bits per heavy atom. The molecule has 1 atom stereocenters. The lowest BCUT2D eigenvalue weighted by molar-refractivity contribution is -0.118. The van der Waals surface area contributed by atoms with E-state index in [9.17, 15) is 18.4 Å². The number of benzene rings is 1. The lowest BCUT2D eigenvalue weighted by Crippen LogP contribution is -2.44. The van der Waals surface area contributed by atoms with Gasteiger partial charge < -0.3 is 16.0 Å². The number of amides is 2. The van der Waals surface area contributed by atoms with Crippen molar-refractivity contribution < 1.29 is 18.4 Å². The maximum atomic E-state index is 13.7. The predicted molar refractivity (Wildman–Crippen MR) is 133 cm³/mol. The molecule has 4 rings (SSSR count). The van der Waals surface area contributed by atoms with Crippen molar-refractivity contribution in [2.75, 3.05) is 10.6 Å². The zero-order chi connectivity index (χ0) is 25.7. The number of pyridine rings is 1. The molecule has 1 saturated carbocycles. The Morgan fingerprint density at radius 3 is 2.58 bits per heavy atom. The number of hydrogen-bond donors (Lipinski definition) is 3. The first-order valence-electron chi connectivity index (χ1n) is 12.0. The fraction of sp³-hybridized carbons (Fsp3) is 0.385. The maximum Gasteiger partial charge on any atom is 0.272 e. The highest BCUT2D eigenvalue weighted by Gasteiger charge is 2.28. The molecular formula is C26H30F2N6O2. The molecule has 1 fully saturated rings. The first-order chi connectivity index (χ1) is 17.2. The van der Waals surface area contributed by atoms with Gasteiger partial charge in [-0.1, -0.05) is 31.7 Å². The van der Waals surface area contributed by atoms with E-state index in [1.54, 1.807) is 48.4 Å². The van der Waals surface area contributed by atoms with Crippen LogP contribution >= 0.6 is 0 Å². The molecule has 0 unspecified atom stereocenters. The fourth-order valence-electron chi connectivity index (χ4n) is 4.42. The van der Waals surface area contributed by atoms with Crippen molar-refractivity contribution in [3.63, 3.8) is 0 Å². The van der Waals surface area contributed by atoms with E-state index in [0.29, 0.717) is 35.0 Å². The van der Waals surface area contributed by atoms with Crippen LogP contribution in [0.2, 0.25) is 0 Å². The molecule has 0 saturated heterocycles. The summed E-state index contributed by atoms with van der Waals surface area (Å²) in [6.45, 7) is 0.811. The van der Waals surface area contributed by atoms with Gasteiger partial charge in [0.25, 0.3) is 11.8 Å². The normalized spacial score (nSPS) is 14.9. The van der Waals surface area contributed by atoms with Gasteiger partial charge in [-0.05, 0) is 36.6 Å². The lowest BCUT2D eigenvalue weighted by atomic mass is 9.97. The number of nitrogens with one attached hydrogen (secondary N) is 3. The summed E-state index contributed by atoms with van der Waals surface area (Å²) in [5.74, 6) is -3.33. The summed E-state index contributed by atoms with van der Waals surface area (Å²) in [6.07, 6.45) is 10.7. The van der Waals surface area contributed by atoms with Gasteiger partial charge in [0.15, 0.2) is 0 Å². The summed E-state index contributed by atoms with van der Waals surface area (Å²) in [6, 6.07) is 7.27. The first kappa shape index (κ1) is 25.3. The highest BCUT2D eigenvalue weighted by atomic mass is 19.3. The third kappa shape index (κ3) is 6.65. The largest absolute Gasteiger partial charge is 0.354 e. The van der Waals surface area contributed by atoms with Crippen molar-refractivity contribution in [1.29, 1.82) is 0 Å². The Bertz CT molecular complexity index is 1220. The van der Waals surface area contributed by atoms with E-state index in [-0.39, 0.29) is 11.5 Å². The molecule has 8 nitrogen and oxygen atoms in total. The lowest BCUT2D eigenvalue weighted by Gasteiger charge is -2.21. The van der Waals surface area contributed by atoms with Gasteiger partial charge in [-0.25, -0.2) is 8.78 Å². The van der Waals surface area contributed by atoms with Crippen molar-refractivity contribution in [2.24, 2.45) is 13.0 Å². The monoisotopic (exact) mass is 496 g/mol. The second kappa shape index (κ2) is 10.8. The molecule has 1 aliphatic carbocycles. The molecule has 3 N–H and O–H groups in total. The third-order valence-electron chi connectivity index (χ3n) is 6.30. The SMILES string of the molecule is Cn1cc(NC(=O)[C@H](CC2CCCC2)NC(=O)c2cccc(Nc3cncc(C(C)(F)F)c3)c2)cn1. The zero-order valence-electron chi connectivity index (χ0n) is 20.3. The maximum absolute atomic E-state index is 13.7. The van der Waals surface area contributed by atoms with E-state index in [0.717, 1.165) is 38.8 Å². The quantitative estimate of drug-likeness (QED) is 0.388. The van der Waals surface area contributed by atoms with E-state index in [1.165, 1.54) is 12.3 Å². The molecule has 2 aromatic heterocycles. The van der Waals surface area contributed by atoms with Crippen LogP contribution in [0, 0.1) is 5.92 Å². The van der Waals surface area contributed by atoms with E-state index >= 15 is 0 Å². The second-order valence-electron chi connectivity index (χ2n) is 9.36. The van der Waals surface area contributed by atoms with E-state index < -0.39 is 17.9 Å². The van der Waals surface area contributed by atoms with Crippen LogP contribution in [0.25, 0.3) is 0 Å². The van der Waals surface area contributed by atoms with Crippen LogP contribution in [-0.4, -0.2) is 32.6 Å². The van der Waals surface area contributed by atoms with E-state index in [4.69, 9.17) is 0 Å². The molecule has 1 aliphatic rings. The van der Waals surface area contributed by atoms with E-state index in [2.05, 4.69) is 26.0 Å². The summed E-state index contributed by atoms with van der Waals surface area (Å²) >= 11 is 0. The van der Waals surface area contributed by atoms with Gasteiger partial charge in [-0.15, -0.1) is 0 Å². The second-order valence-corrected chi connectivity index (χ2v) is 9.36. The van der Waals surface area contributed by atoms with Crippen molar-refractivity contribution in [3.8, 4) is 0 Å². The molecule has 2 amide bonds. The Morgan fingerprint density at radius 2 is 1.89 bits per heavy atom. The van der Waals surface area contributed by atoms with Crippen molar-refractivity contribution in [2.45, 2.75) is 51.0 Å². The molecule has 0 bridgehead atoms. The summed E-state index contributed by atoms with van der Waals surface area (Å²) in [4.78, 5) is 30.1. The number of hydrogen-bond acceptors (Lipinski definition) is 5. The highest BCUT2D eigenvalue weighted by molar-refractivity contribution is 6.01. The third-order valence-corrected chi connectivity index (χ3v) is 6.30. The zero-order valence-corrected chi connectivity index (χ0v) is 20.3. The number of nitrogens with zero attached hydrogens (tertiary/aromatic N) is 3. The molecular weight excluding hydrogens is 466 g/mol. The van der Waals surface area contributed by atoms with Crippen LogP contribution in [0.5, 0.6) is 0 Å². The van der Waals surface area contributed by atoms with Crippen molar-refractivity contribution in [3.05, 3.63) is 66.2 Å². The minimum absolute atomic E-state index is 0.212. The summed E-state index contributed by atoms with van der Waals surface area (Å²) in [5, 5.41) is 12.8. The molecule has 1 aromatic carbocycles. The minimum Gasteiger partial charge on any atom is -0.354 e. The Labute approximate surface area is 208 Å². The number of aromatic nitrogens is 3. The number of rotatable bonds is 9. The van der Waals surface area contributed by atoms with Gasteiger partial charge in [-0.2, -0.15) is 5.10 Å². The number of carbonyl (C=O) groups excluding carboxylic acids is 2. The van der Waals surface area contributed by atoms with Gasteiger partial charge >= 0.3 is 0 Å². The number of aryl methyl sites for hydroxylation is 1. The number of anilines is 3. The van der Waals surface area contributed by atoms with Gasteiger partial charge in [0.2, 0.25) is 5.91 Å². The average Bonchev–Trinajstić information content (AvgIpc) is 3.50. The Hall–Kier alpha value is -3.82. The predicted octanol–water partition coefficient (Wildman–Crippen LogP) is 4.99. The Balaban J connectivity index is 1.47. The number of carbonyl (C=O) groups is 2. The van der Waals surface area contributed by atoms with Gasteiger partial charge in [0.1, 0.15) is 6.04 Å². The summed E-state index contributed by atoms with van der Waals surface area (Å²) < 4.78 is 28.9. The number of alkyl halides is 2. The van der Waals surface area contributed by atoms with Crippen LogP contribution in [0.1, 0.15) is 54.9 Å². The highest BCUT2D eigenvalue weighted by Crippen LogP contribution is 2.30. The standard InChI is InChI=1S/C26H30F2N6O2/c1-26(27,28)19-12-21(14-29-13-19)31-20-9-5-8-18(11-20)24(35)33-23(10-17-6-3-4-7-17)25(36)32-22-15-30-34(2)16-22/h5,8-9,11-17,23,31H,3-4,6-7,10H2,1-2H3,(H,32,36)(H,33,35)/t23-/m0/s1. The molecule has 190 valence electrons. The first-order valence-corrected chi connectivity index (χ1v) is 12.0. The molecule has 0 radical (unpaired) electrons. The average molecular weight is 497 g/mol. The summed E-state index contributed by atoms with van der Waals surface area (Å²) in [7, 11) is 1.76. The van der Waals surface area contributed by atoms with Gasteiger partial charge in [0.05, 0.1) is 23.8 Å². The van der Waals surface area contributed by atoms with Gasteiger partial charge in [0, 0.05) is 43.2 Å². The van der Waals surface area contributed by atoms with Crippen LogP contribution in [0.15, 0.2) is 55.1 Å². The van der Waals surface area contributed by atoms with Crippen LogP contribution in [0.4, 0.5) is 25.8 Å². The number of halogens is 2. The molecule has 2 heterocycles. The Kier molecular flexibility index (Phi) is 7.61. The van der Waals surface area contributed by atoms with Crippen molar-refractivity contribution >= 4 is 28.9 Å². The summed E-state index contributed by atoms with van der Waals surface area (Å²) in [5.41, 5.74) is 1.61. The van der Waals surface area contributed by atoms with Gasteiger partial charge in [-0.3, -0.25) is 19.3 Å². The molecule has 0 spiro atoms. The van der Waals surface area contributed by atoms with Crippen LogP contribution in [-0.2, 0) is 17.8 Å². The van der Waals surface area contributed by atoms with E-state index in [1.807, 2.05) is 0 Å². The van der Waals surface area contributed by atoms with Crippen LogP contribution in [0.3, 0.4) is 0 Å². The minimum atomic E-state index is -3.02.